The Morgan fingerprint density at radius 1 is 1.05 bits per heavy atom. The number of nitrogens with zero attached hydrogens (tertiary/aromatic N) is 1. The minimum Gasteiger partial charge on any atom is -0.495 e. The van der Waals surface area contributed by atoms with Crippen LogP contribution in [-0.4, -0.2) is 23.8 Å². The van der Waals surface area contributed by atoms with Crippen LogP contribution in [0, 0.1) is 0 Å². The molecule has 0 fully saturated rings. The first-order valence-electron chi connectivity index (χ1n) is 6.39. The predicted molar refractivity (Wildman–Crippen MR) is 78.7 cm³/mol. The first-order chi connectivity index (χ1) is 10.1. The second kappa shape index (κ2) is 5.22. The molecule has 0 radical (unpaired) electrons. The van der Waals surface area contributed by atoms with E-state index in [2.05, 4.69) is 0 Å². The summed E-state index contributed by atoms with van der Waals surface area (Å²) in [6.07, 6.45) is 0. The van der Waals surface area contributed by atoms with E-state index >= 15 is 0 Å². The van der Waals surface area contributed by atoms with E-state index in [1.807, 2.05) is 0 Å². The average molecular weight is 302 g/mol. The highest BCUT2D eigenvalue weighted by atomic mass is 35.5. The summed E-state index contributed by atoms with van der Waals surface area (Å²) in [4.78, 5) is 25.8. The molecule has 1 aliphatic heterocycles. The first-order valence-corrected chi connectivity index (χ1v) is 6.77. The van der Waals surface area contributed by atoms with Gasteiger partial charge in [-0.05, 0) is 29.8 Å². The summed E-state index contributed by atoms with van der Waals surface area (Å²) < 4.78 is 5.08. The molecule has 0 N–H and O–H groups in total. The number of hydrogen-bond acceptors (Lipinski definition) is 3. The van der Waals surface area contributed by atoms with Crippen molar-refractivity contribution in [3.8, 4) is 5.75 Å². The van der Waals surface area contributed by atoms with Gasteiger partial charge in [0.2, 0.25) is 0 Å². The third kappa shape index (κ3) is 2.28. The molecule has 4 nitrogen and oxygen atoms in total. The number of rotatable bonds is 3. The summed E-state index contributed by atoms with van der Waals surface area (Å²) in [5.74, 6) is 0.00728. The maximum atomic E-state index is 12.3. The molecule has 0 unspecified atom stereocenters. The lowest BCUT2D eigenvalue weighted by molar-refractivity contribution is 0.0642. The molecule has 0 aliphatic carbocycles. The van der Waals surface area contributed by atoms with E-state index in [-0.39, 0.29) is 18.4 Å². The summed E-state index contributed by atoms with van der Waals surface area (Å²) in [7, 11) is 1.53. The molecular formula is C16H12ClNO3. The zero-order valence-corrected chi connectivity index (χ0v) is 12.1. The van der Waals surface area contributed by atoms with Crippen molar-refractivity contribution >= 4 is 23.4 Å². The Labute approximate surface area is 126 Å². The lowest BCUT2D eigenvalue weighted by Gasteiger charge is -2.14. The van der Waals surface area contributed by atoms with Gasteiger partial charge in [0.1, 0.15) is 5.75 Å². The molecule has 106 valence electrons. The number of fused-ring (bicyclic) bond motifs is 1. The minimum absolute atomic E-state index is 0.191. The molecule has 3 rings (SSSR count). The third-order valence-corrected chi connectivity index (χ3v) is 3.73. The maximum Gasteiger partial charge on any atom is 0.261 e. The van der Waals surface area contributed by atoms with Crippen LogP contribution in [0.25, 0.3) is 0 Å². The molecular weight excluding hydrogens is 290 g/mol. The van der Waals surface area contributed by atoms with Gasteiger partial charge in [-0.15, -0.1) is 0 Å². The molecule has 0 saturated heterocycles. The van der Waals surface area contributed by atoms with Crippen LogP contribution in [0.4, 0.5) is 0 Å². The van der Waals surface area contributed by atoms with Gasteiger partial charge >= 0.3 is 0 Å². The number of amides is 2. The van der Waals surface area contributed by atoms with Crippen LogP contribution >= 0.6 is 11.6 Å². The largest absolute Gasteiger partial charge is 0.495 e. The molecule has 0 bridgehead atoms. The quantitative estimate of drug-likeness (QED) is 0.818. The Morgan fingerprint density at radius 3 is 2.19 bits per heavy atom. The molecule has 0 aromatic heterocycles. The molecule has 21 heavy (non-hydrogen) atoms. The fourth-order valence-electron chi connectivity index (χ4n) is 2.37. The van der Waals surface area contributed by atoms with E-state index < -0.39 is 0 Å². The van der Waals surface area contributed by atoms with Gasteiger partial charge in [-0.1, -0.05) is 29.8 Å². The highest BCUT2D eigenvalue weighted by molar-refractivity contribution is 6.32. The molecule has 2 aromatic rings. The molecule has 0 saturated carbocycles. The number of carbonyl (C=O) groups is 2. The Kier molecular flexibility index (Phi) is 3.39. The van der Waals surface area contributed by atoms with Crippen LogP contribution in [0.2, 0.25) is 5.02 Å². The molecule has 0 atom stereocenters. The van der Waals surface area contributed by atoms with Crippen LogP contribution in [0.5, 0.6) is 5.75 Å². The van der Waals surface area contributed by atoms with Gasteiger partial charge in [0, 0.05) is 0 Å². The summed E-state index contributed by atoms with van der Waals surface area (Å²) in [5.41, 5.74) is 1.67. The van der Waals surface area contributed by atoms with Crippen LogP contribution in [0.1, 0.15) is 26.3 Å². The van der Waals surface area contributed by atoms with Crippen molar-refractivity contribution in [3.05, 3.63) is 64.2 Å². The van der Waals surface area contributed by atoms with E-state index in [0.717, 1.165) is 5.56 Å². The van der Waals surface area contributed by atoms with Crippen molar-refractivity contribution in [2.24, 2.45) is 0 Å². The number of methoxy groups -OCH3 is 1. The van der Waals surface area contributed by atoms with Gasteiger partial charge in [-0.2, -0.15) is 0 Å². The van der Waals surface area contributed by atoms with Gasteiger partial charge in [0.15, 0.2) is 0 Å². The minimum atomic E-state index is -0.275. The van der Waals surface area contributed by atoms with Crippen molar-refractivity contribution in [1.82, 2.24) is 4.90 Å². The molecule has 1 heterocycles. The SMILES string of the molecule is COc1ccc(CN2C(=O)c3ccccc3C2=O)cc1Cl. The highest BCUT2D eigenvalue weighted by Gasteiger charge is 2.34. The molecule has 2 aromatic carbocycles. The van der Waals surface area contributed by atoms with Crippen LogP contribution in [0.3, 0.4) is 0 Å². The summed E-state index contributed by atoms with van der Waals surface area (Å²) >= 11 is 6.06. The van der Waals surface area contributed by atoms with E-state index in [9.17, 15) is 9.59 Å². The Hall–Kier alpha value is -2.33. The number of carbonyl (C=O) groups excluding carboxylic acids is 2. The van der Waals surface area contributed by atoms with E-state index in [1.165, 1.54) is 12.0 Å². The maximum absolute atomic E-state index is 12.3. The van der Waals surface area contributed by atoms with Crippen molar-refractivity contribution in [1.29, 1.82) is 0 Å². The molecule has 2 amide bonds. The Balaban J connectivity index is 1.88. The van der Waals surface area contributed by atoms with Crippen LogP contribution in [0.15, 0.2) is 42.5 Å². The van der Waals surface area contributed by atoms with E-state index in [4.69, 9.17) is 16.3 Å². The van der Waals surface area contributed by atoms with Crippen LogP contribution in [-0.2, 0) is 6.54 Å². The Bertz CT molecular complexity index is 707. The number of imide groups is 1. The number of halogens is 1. The standard InChI is InChI=1S/C16H12ClNO3/c1-21-14-7-6-10(8-13(14)17)9-18-15(19)11-4-2-3-5-12(11)16(18)20/h2-8H,9H2,1H3. The number of hydrogen-bond donors (Lipinski definition) is 0. The lowest BCUT2D eigenvalue weighted by Crippen LogP contribution is -2.29. The molecule has 0 spiro atoms. The van der Waals surface area contributed by atoms with Crippen molar-refractivity contribution < 1.29 is 14.3 Å². The Morgan fingerprint density at radius 2 is 1.67 bits per heavy atom. The zero-order valence-electron chi connectivity index (χ0n) is 11.3. The van der Waals surface area contributed by atoms with Gasteiger partial charge in [-0.3, -0.25) is 14.5 Å². The fourth-order valence-corrected chi connectivity index (χ4v) is 2.65. The zero-order chi connectivity index (χ0) is 15.0. The first kappa shape index (κ1) is 13.6. The monoisotopic (exact) mass is 301 g/mol. The van der Waals surface area contributed by atoms with Gasteiger partial charge in [0.05, 0.1) is 29.8 Å². The fraction of sp³-hybridized carbons (Fsp3) is 0.125. The van der Waals surface area contributed by atoms with Crippen molar-refractivity contribution in [2.75, 3.05) is 7.11 Å². The highest BCUT2D eigenvalue weighted by Crippen LogP contribution is 2.28. The number of benzene rings is 2. The van der Waals surface area contributed by atoms with E-state index in [1.54, 1.807) is 42.5 Å². The topological polar surface area (TPSA) is 46.6 Å². The summed E-state index contributed by atoms with van der Waals surface area (Å²) in [6, 6.07) is 12.0. The number of ether oxygens (including phenoxy) is 1. The van der Waals surface area contributed by atoms with Gasteiger partial charge < -0.3 is 4.74 Å². The van der Waals surface area contributed by atoms with E-state index in [0.29, 0.717) is 21.9 Å². The van der Waals surface area contributed by atoms with Gasteiger partial charge in [0.25, 0.3) is 11.8 Å². The molecule has 5 heteroatoms. The lowest BCUT2D eigenvalue weighted by atomic mass is 10.1. The van der Waals surface area contributed by atoms with Crippen LogP contribution < -0.4 is 4.74 Å². The second-order valence-electron chi connectivity index (χ2n) is 4.71. The normalized spacial score (nSPS) is 13.5. The molecule has 1 aliphatic rings. The predicted octanol–water partition coefficient (Wildman–Crippen LogP) is 3.14. The average Bonchev–Trinajstić information content (AvgIpc) is 2.73. The summed E-state index contributed by atoms with van der Waals surface area (Å²) in [5, 5.41) is 0.451. The van der Waals surface area contributed by atoms with Crippen molar-refractivity contribution in [2.45, 2.75) is 6.54 Å². The van der Waals surface area contributed by atoms with Gasteiger partial charge in [-0.25, -0.2) is 0 Å². The summed E-state index contributed by atoms with van der Waals surface area (Å²) in [6.45, 7) is 0.191. The third-order valence-electron chi connectivity index (χ3n) is 3.44. The smallest absolute Gasteiger partial charge is 0.261 e. The second-order valence-corrected chi connectivity index (χ2v) is 5.12. The van der Waals surface area contributed by atoms with Crippen molar-refractivity contribution in [3.63, 3.8) is 0 Å².